The maximum atomic E-state index is 12.5. The normalized spacial score (nSPS) is 18.3. The first-order valence-electron chi connectivity index (χ1n) is 10.4. The summed E-state index contributed by atoms with van der Waals surface area (Å²) in [6, 6.07) is 8.39. The zero-order chi connectivity index (χ0) is 20.2. The van der Waals surface area contributed by atoms with Crippen molar-refractivity contribution in [2.75, 3.05) is 13.6 Å². The molecule has 154 valence electrons. The SMILES string of the molecule is CN=C(NCCCC(=O)N1Cc2ccccc2C1)NC1CCCn2nc(C)nc21. The first kappa shape index (κ1) is 19.4. The van der Waals surface area contributed by atoms with E-state index in [0.29, 0.717) is 13.0 Å². The van der Waals surface area contributed by atoms with E-state index in [9.17, 15) is 4.79 Å². The van der Waals surface area contributed by atoms with Crippen LogP contribution in [0.4, 0.5) is 0 Å². The molecular weight excluding hydrogens is 366 g/mol. The maximum absolute atomic E-state index is 12.5. The van der Waals surface area contributed by atoms with Crippen LogP contribution in [0.3, 0.4) is 0 Å². The molecule has 2 aromatic rings. The van der Waals surface area contributed by atoms with E-state index in [0.717, 1.165) is 56.5 Å². The van der Waals surface area contributed by atoms with Crippen molar-refractivity contribution >= 4 is 11.9 Å². The van der Waals surface area contributed by atoms with Crippen LogP contribution >= 0.6 is 0 Å². The smallest absolute Gasteiger partial charge is 0.223 e. The number of carbonyl (C=O) groups excluding carboxylic acids is 1. The number of fused-ring (bicyclic) bond motifs is 2. The van der Waals surface area contributed by atoms with E-state index in [1.807, 2.05) is 28.6 Å². The molecule has 2 aliphatic heterocycles. The highest BCUT2D eigenvalue weighted by Crippen LogP contribution is 2.23. The Balaban J connectivity index is 1.22. The van der Waals surface area contributed by atoms with Crippen LogP contribution in [0.1, 0.15) is 54.5 Å². The molecule has 0 spiro atoms. The molecule has 3 heterocycles. The Bertz CT molecular complexity index is 879. The van der Waals surface area contributed by atoms with E-state index < -0.39 is 0 Å². The maximum Gasteiger partial charge on any atom is 0.223 e. The summed E-state index contributed by atoms with van der Waals surface area (Å²) in [5, 5.41) is 11.2. The number of nitrogens with zero attached hydrogens (tertiary/aromatic N) is 5. The largest absolute Gasteiger partial charge is 0.356 e. The third kappa shape index (κ3) is 4.41. The van der Waals surface area contributed by atoms with Gasteiger partial charge in [-0.1, -0.05) is 24.3 Å². The van der Waals surface area contributed by atoms with Crippen molar-refractivity contribution in [1.82, 2.24) is 30.3 Å². The monoisotopic (exact) mass is 395 g/mol. The first-order valence-corrected chi connectivity index (χ1v) is 10.4. The van der Waals surface area contributed by atoms with Gasteiger partial charge in [0.25, 0.3) is 0 Å². The molecule has 29 heavy (non-hydrogen) atoms. The van der Waals surface area contributed by atoms with Gasteiger partial charge in [0.1, 0.15) is 11.6 Å². The van der Waals surface area contributed by atoms with Gasteiger partial charge in [0.15, 0.2) is 5.96 Å². The fourth-order valence-corrected chi connectivity index (χ4v) is 4.08. The van der Waals surface area contributed by atoms with E-state index in [4.69, 9.17) is 0 Å². The second-order valence-corrected chi connectivity index (χ2v) is 7.70. The van der Waals surface area contributed by atoms with Gasteiger partial charge in [0.05, 0.1) is 6.04 Å². The van der Waals surface area contributed by atoms with Crippen molar-refractivity contribution in [3.8, 4) is 0 Å². The van der Waals surface area contributed by atoms with Crippen LogP contribution < -0.4 is 10.6 Å². The quantitative estimate of drug-likeness (QED) is 0.459. The molecular formula is C21H29N7O. The van der Waals surface area contributed by atoms with Gasteiger partial charge < -0.3 is 15.5 Å². The lowest BCUT2D eigenvalue weighted by Gasteiger charge is -2.25. The van der Waals surface area contributed by atoms with E-state index >= 15 is 0 Å². The Morgan fingerprint density at radius 1 is 1.28 bits per heavy atom. The molecule has 1 aromatic heterocycles. The predicted octanol–water partition coefficient (Wildman–Crippen LogP) is 1.91. The highest BCUT2D eigenvalue weighted by atomic mass is 16.2. The van der Waals surface area contributed by atoms with E-state index in [1.165, 1.54) is 11.1 Å². The molecule has 0 bridgehead atoms. The minimum Gasteiger partial charge on any atom is -0.356 e. The highest BCUT2D eigenvalue weighted by molar-refractivity contribution is 5.80. The molecule has 0 aliphatic carbocycles. The van der Waals surface area contributed by atoms with Crippen molar-refractivity contribution in [2.24, 2.45) is 4.99 Å². The summed E-state index contributed by atoms with van der Waals surface area (Å²) in [5.41, 5.74) is 2.53. The Morgan fingerprint density at radius 3 is 2.76 bits per heavy atom. The predicted molar refractivity (Wildman–Crippen MR) is 111 cm³/mol. The minimum atomic E-state index is 0.112. The van der Waals surface area contributed by atoms with Gasteiger partial charge in [0.2, 0.25) is 5.91 Å². The van der Waals surface area contributed by atoms with Crippen LogP contribution in [-0.4, -0.2) is 45.1 Å². The van der Waals surface area contributed by atoms with Gasteiger partial charge in [-0.05, 0) is 37.3 Å². The van der Waals surface area contributed by atoms with Gasteiger partial charge in [0, 0.05) is 39.6 Å². The first-order chi connectivity index (χ1) is 14.1. The van der Waals surface area contributed by atoms with Gasteiger partial charge >= 0.3 is 0 Å². The summed E-state index contributed by atoms with van der Waals surface area (Å²) >= 11 is 0. The number of hydrogen-bond donors (Lipinski definition) is 2. The van der Waals surface area contributed by atoms with E-state index in [1.54, 1.807) is 7.05 Å². The molecule has 2 aliphatic rings. The third-order valence-corrected chi connectivity index (χ3v) is 5.57. The molecule has 0 saturated heterocycles. The molecule has 2 N–H and O–H groups in total. The van der Waals surface area contributed by atoms with Crippen LogP contribution in [0.2, 0.25) is 0 Å². The molecule has 1 amide bonds. The second-order valence-electron chi connectivity index (χ2n) is 7.70. The Kier molecular flexibility index (Phi) is 5.78. The summed E-state index contributed by atoms with van der Waals surface area (Å²) in [7, 11) is 1.76. The van der Waals surface area contributed by atoms with Gasteiger partial charge in [-0.25, -0.2) is 9.67 Å². The van der Waals surface area contributed by atoms with Gasteiger partial charge in [-0.2, -0.15) is 5.10 Å². The lowest BCUT2D eigenvalue weighted by molar-refractivity contribution is -0.131. The van der Waals surface area contributed by atoms with Gasteiger partial charge in [-0.15, -0.1) is 0 Å². The van der Waals surface area contributed by atoms with Crippen LogP contribution in [0.25, 0.3) is 0 Å². The Morgan fingerprint density at radius 2 is 2.03 bits per heavy atom. The summed E-state index contributed by atoms with van der Waals surface area (Å²) in [5.74, 6) is 2.73. The topological polar surface area (TPSA) is 87.4 Å². The molecule has 8 nitrogen and oxygen atoms in total. The number of aliphatic imine (C=N–C) groups is 1. The average molecular weight is 396 g/mol. The number of hydrogen-bond acceptors (Lipinski definition) is 4. The number of aromatic nitrogens is 3. The number of amides is 1. The fraction of sp³-hybridized carbons (Fsp3) is 0.524. The zero-order valence-electron chi connectivity index (χ0n) is 17.2. The Labute approximate surface area is 171 Å². The van der Waals surface area contributed by atoms with Crippen molar-refractivity contribution in [3.63, 3.8) is 0 Å². The van der Waals surface area contributed by atoms with Crippen LogP contribution in [-0.2, 0) is 24.4 Å². The summed E-state index contributed by atoms with van der Waals surface area (Å²) in [6.45, 7) is 5.00. The van der Waals surface area contributed by atoms with Gasteiger partial charge in [-0.3, -0.25) is 9.79 Å². The standard InChI is InChI=1S/C21H29N7O/c1-15-24-20-18(9-6-12-28(20)26-15)25-21(22-2)23-11-5-10-19(29)27-13-16-7-3-4-8-17(16)14-27/h3-4,7-8,18H,5-6,9-14H2,1-2H3,(H2,22,23,25). The number of aryl methyl sites for hydroxylation is 2. The van der Waals surface area contributed by atoms with E-state index in [2.05, 4.69) is 37.8 Å². The lowest BCUT2D eigenvalue weighted by Crippen LogP contribution is -2.42. The molecule has 1 atom stereocenters. The lowest BCUT2D eigenvalue weighted by atomic mass is 10.1. The minimum absolute atomic E-state index is 0.112. The zero-order valence-corrected chi connectivity index (χ0v) is 17.2. The van der Waals surface area contributed by atoms with Crippen molar-refractivity contribution < 1.29 is 4.79 Å². The molecule has 0 radical (unpaired) electrons. The second kappa shape index (κ2) is 8.63. The van der Waals surface area contributed by atoms with Crippen LogP contribution in [0.15, 0.2) is 29.3 Å². The van der Waals surface area contributed by atoms with E-state index in [-0.39, 0.29) is 11.9 Å². The third-order valence-electron chi connectivity index (χ3n) is 5.57. The summed E-state index contributed by atoms with van der Waals surface area (Å²) < 4.78 is 1.98. The molecule has 0 saturated carbocycles. The molecule has 1 aromatic carbocycles. The number of guanidine groups is 1. The van der Waals surface area contributed by atoms with Crippen molar-refractivity contribution in [1.29, 1.82) is 0 Å². The number of rotatable bonds is 5. The highest BCUT2D eigenvalue weighted by Gasteiger charge is 2.25. The summed E-state index contributed by atoms with van der Waals surface area (Å²) in [4.78, 5) is 23.3. The molecule has 0 fully saturated rings. The number of carbonyl (C=O) groups is 1. The number of benzene rings is 1. The summed E-state index contributed by atoms with van der Waals surface area (Å²) in [6.07, 6.45) is 3.38. The van der Waals surface area contributed by atoms with Crippen LogP contribution in [0, 0.1) is 6.92 Å². The molecule has 8 heteroatoms. The number of nitrogens with one attached hydrogen (secondary N) is 2. The molecule has 1 unspecified atom stereocenters. The average Bonchev–Trinajstić information content (AvgIpc) is 3.33. The molecule has 4 rings (SSSR count). The van der Waals surface area contributed by atoms with Crippen molar-refractivity contribution in [2.45, 2.75) is 58.3 Å². The van der Waals surface area contributed by atoms with Crippen molar-refractivity contribution in [3.05, 3.63) is 47.0 Å². The Hall–Kier alpha value is -2.90. The van der Waals surface area contributed by atoms with Crippen LogP contribution in [0.5, 0.6) is 0 Å². The fourth-order valence-electron chi connectivity index (χ4n) is 4.08.